The second kappa shape index (κ2) is 5.32. The predicted molar refractivity (Wildman–Crippen MR) is 79.5 cm³/mol. The first-order valence-electron chi connectivity index (χ1n) is 7.17. The fourth-order valence-electron chi connectivity index (χ4n) is 3.06. The van der Waals surface area contributed by atoms with Crippen LogP contribution >= 0.6 is 0 Å². The molecule has 1 saturated heterocycles. The van der Waals surface area contributed by atoms with Crippen molar-refractivity contribution < 1.29 is 14.7 Å². The Labute approximate surface area is 126 Å². The molecule has 3 rings (SSSR count). The molecule has 1 fully saturated rings. The van der Waals surface area contributed by atoms with Gasteiger partial charge in [-0.3, -0.25) is 13.9 Å². The number of carboxylic acid groups (broad SMARTS) is 1. The lowest BCUT2D eigenvalue weighted by Crippen LogP contribution is -2.43. The average Bonchev–Trinajstić information content (AvgIpc) is 3.08. The minimum Gasteiger partial charge on any atom is -0.480 e. The molecule has 0 saturated carbocycles. The van der Waals surface area contributed by atoms with Crippen LogP contribution in [0.25, 0.3) is 11.0 Å². The molecule has 0 spiro atoms. The second-order valence-electron chi connectivity index (χ2n) is 5.50. The molecule has 1 amide bonds. The fraction of sp³-hybridized carbons (Fsp3) is 0.400. The van der Waals surface area contributed by atoms with Crippen molar-refractivity contribution in [1.82, 2.24) is 14.0 Å². The molecule has 1 aromatic carbocycles. The Morgan fingerprint density at radius 1 is 1.27 bits per heavy atom. The van der Waals surface area contributed by atoms with Crippen molar-refractivity contribution in [2.45, 2.75) is 25.4 Å². The van der Waals surface area contributed by atoms with Crippen LogP contribution in [0.15, 0.2) is 29.1 Å². The summed E-state index contributed by atoms with van der Waals surface area (Å²) in [7, 11) is 1.65. The molecule has 22 heavy (non-hydrogen) atoms. The number of carboxylic acids is 1. The van der Waals surface area contributed by atoms with E-state index in [2.05, 4.69) is 0 Å². The molecule has 0 aliphatic carbocycles. The maximum Gasteiger partial charge on any atom is 0.329 e. The van der Waals surface area contributed by atoms with Gasteiger partial charge in [0.2, 0.25) is 5.91 Å². The van der Waals surface area contributed by atoms with Gasteiger partial charge in [0, 0.05) is 13.6 Å². The number of carbonyl (C=O) groups excluding carboxylic acids is 1. The fourth-order valence-corrected chi connectivity index (χ4v) is 3.06. The van der Waals surface area contributed by atoms with Gasteiger partial charge >= 0.3 is 11.7 Å². The summed E-state index contributed by atoms with van der Waals surface area (Å²) in [5, 5.41) is 9.16. The largest absolute Gasteiger partial charge is 0.480 e. The van der Waals surface area contributed by atoms with Crippen molar-refractivity contribution in [2.24, 2.45) is 7.05 Å². The van der Waals surface area contributed by atoms with E-state index in [0.29, 0.717) is 24.9 Å². The van der Waals surface area contributed by atoms with Crippen LogP contribution in [-0.4, -0.2) is 43.6 Å². The molecular weight excluding hydrogens is 286 g/mol. The maximum atomic E-state index is 12.4. The van der Waals surface area contributed by atoms with Crippen LogP contribution in [0.5, 0.6) is 0 Å². The van der Waals surface area contributed by atoms with E-state index in [9.17, 15) is 14.4 Å². The summed E-state index contributed by atoms with van der Waals surface area (Å²) in [5.41, 5.74) is 1.14. The topological polar surface area (TPSA) is 84.5 Å². The van der Waals surface area contributed by atoms with Crippen LogP contribution in [0.4, 0.5) is 0 Å². The number of hydrogen-bond donors (Lipinski definition) is 1. The standard InChI is InChI=1S/C15H17N3O4/c1-16-10-5-2-3-6-11(10)18(15(16)22)9-13(19)17-8-4-7-12(17)14(20)21/h2-3,5-6,12H,4,7-9H2,1H3,(H,20,21). The monoisotopic (exact) mass is 303 g/mol. The molecule has 7 heteroatoms. The molecule has 1 aromatic heterocycles. The zero-order chi connectivity index (χ0) is 15.9. The molecule has 0 radical (unpaired) electrons. The SMILES string of the molecule is Cn1c(=O)n(CC(=O)N2CCCC2C(=O)O)c2ccccc21. The third kappa shape index (κ3) is 2.18. The van der Waals surface area contributed by atoms with Gasteiger partial charge in [-0.15, -0.1) is 0 Å². The second-order valence-corrected chi connectivity index (χ2v) is 5.50. The average molecular weight is 303 g/mol. The quantitative estimate of drug-likeness (QED) is 0.890. The summed E-state index contributed by atoms with van der Waals surface area (Å²) >= 11 is 0. The molecule has 1 aliphatic rings. The number of aromatic nitrogens is 2. The number of aliphatic carboxylic acids is 1. The molecule has 2 heterocycles. The van der Waals surface area contributed by atoms with Crippen molar-refractivity contribution in [1.29, 1.82) is 0 Å². The Hall–Kier alpha value is -2.57. The van der Waals surface area contributed by atoms with Crippen LogP contribution in [0.1, 0.15) is 12.8 Å². The van der Waals surface area contributed by atoms with Crippen LogP contribution in [0, 0.1) is 0 Å². The number of rotatable bonds is 3. The number of para-hydroxylation sites is 2. The number of hydrogen-bond acceptors (Lipinski definition) is 3. The number of fused-ring (bicyclic) bond motifs is 1. The van der Waals surface area contributed by atoms with E-state index in [1.807, 2.05) is 12.1 Å². The van der Waals surface area contributed by atoms with Gasteiger partial charge < -0.3 is 10.0 Å². The van der Waals surface area contributed by atoms with Crippen molar-refractivity contribution in [3.8, 4) is 0 Å². The third-order valence-electron chi connectivity index (χ3n) is 4.20. The van der Waals surface area contributed by atoms with Gasteiger partial charge in [-0.1, -0.05) is 12.1 Å². The normalized spacial score (nSPS) is 18.0. The number of benzene rings is 1. The summed E-state index contributed by atoms with van der Waals surface area (Å²) in [4.78, 5) is 37.3. The lowest BCUT2D eigenvalue weighted by Gasteiger charge is -2.21. The van der Waals surface area contributed by atoms with E-state index in [1.54, 1.807) is 19.2 Å². The number of amides is 1. The van der Waals surface area contributed by atoms with Gasteiger partial charge in [0.25, 0.3) is 0 Å². The van der Waals surface area contributed by atoms with Gasteiger partial charge in [0.1, 0.15) is 12.6 Å². The van der Waals surface area contributed by atoms with Crippen molar-refractivity contribution in [3.63, 3.8) is 0 Å². The van der Waals surface area contributed by atoms with E-state index < -0.39 is 12.0 Å². The molecule has 1 atom stereocenters. The Morgan fingerprint density at radius 2 is 1.95 bits per heavy atom. The zero-order valence-electron chi connectivity index (χ0n) is 12.2. The number of carbonyl (C=O) groups is 2. The van der Waals surface area contributed by atoms with Gasteiger partial charge in [0.15, 0.2) is 0 Å². The Bertz CT molecular complexity index is 805. The van der Waals surface area contributed by atoms with Crippen LogP contribution in [-0.2, 0) is 23.2 Å². The first kappa shape index (κ1) is 14.4. The molecule has 0 bridgehead atoms. The first-order chi connectivity index (χ1) is 10.5. The molecule has 2 aromatic rings. The van der Waals surface area contributed by atoms with E-state index in [4.69, 9.17) is 5.11 Å². The molecule has 7 nitrogen and oxygen atoms in total. The Balaban J connectivity index is 1.94. The summed E-state index contributed by atoms with van der Waals surface area (Å²) in [6.07, 6.45) is 1.14. The first-order valence-corrected chi connectivity index (χ1v) is 7.17. The van der Waals surface area contributed by atoms with Gasteiger partial charge in [0.05, 0.1) is 11.0 Å². The summed E-state index contributed by atoms with van der Waals surface area (Å²) in [6.45, 7) is 0.291. The highest BCUT2D eigenvalue weighted by molar-refractivity contribution is 5.85. The van der Waals surface area contributed by atoms with E-state index in [-0.39, 0.29) is 18.1 Å². The minimum atomic E-state index is -0.990. The highest BCUT2D eigenvalue weighted by atomic mass is 16.4. The van der Waals surface area contributed by atoms with Crippen molar-refractivity contribution in [3.05, 3.63) is 34.7 Å². The zero-order valence-corrected chi connectivity index (χ0v) is 12.2. The molecule has 1 N–H and O–H groups in total. The van der Waals surface area contributed by atoms with Gasteiger partial charge in [-0.25, -0.2) is 9.59 Å². The van der Waals surface area contributed by atoms with Crippen molar-refractivity contribution in [2.75, 3.05) is 6.54 Å². The lowest BCUT2D eigenvalue weighted by molar-refractivity contribution is -0.148. The molecular formula is C15H17N3O4. The number of nitrogens with zero attached hydrogens (tertiary/aromatic N) is 3. The molecule has 1 aliphatic heterocycles. The van der Waals surface area contributed by atoms with Gasteiger partial charge in [-0.2, -0.15) is 0 Å². The number of imidazole rings is 1. The van der Waals surface area contributed by atoms with E-state index in [0.717, 1.165) is 5.52 Å². The smallest absolute Gasteiger partial charge is 0.329 e. The Morgan fingerprint density at radius 3 is 2.64 bits per heavy atom. The molecule has 1 unspecified atom stereocenters. The predicted octanol–water partition coefficient (Wildman–Crippen LogP) is 0.416. The summed E-state index contributed by atoms with van der Waals surface area (Å²) in [6, 6.07) is 6.45. The minimum absolute atomic E-state index is 0.135. The number of likely N-dealkylation sites (tertiary alicyclic amines) is 1. The van der Waals surface area contributed by atoms with Crippen molar-refractivity contribution >= 4 is 22.9 Å². The lowest BCUT2D eigenvalue weighted by atomic mass is 10.2. The summed E-state index contributed by atoms with van der Waals surface area (Å²) < 4.78 is 2.89. The summed E-state index contributed by atoms with van der Waals surface area (Å²) in [5.74, 6) is -1.32. The van der Waals surface area contributed by atoms with Gasteiger partial charge in [-0.05, 0) is 25.0 Å². The highest BCUT2D eigenvalue weighted by Gasteiger charge is 2.34. The maximum absolute atomic E-state index is 12.4. The van der Waals surface area contributed by atoms with Crippen LogP contribution in [0.3, 0.4) is 0 Å². The van der Waals surface area contributed by atoms with E-state index in [1.165, 1.54) is 14.0 Å². The highest BCUT2D eigenvalue weighted by Crippen LogP contribution is 2.19. The van der Waals surface area contributed by atoms with Crippen LogP contribution in [0.2, 0.25) is 0 Å². The Kier molecular flexibility index (Phi) is 3.48. The van der Waals surface area contributed by atoms with E-state index >= 15 is 0 Å². The van der Waals surface area contributed by atoms with Crippen LogP contribution < -0.4 is 5.69 Å². The number of aryl methyl sites for hydroxylation is 1. The third-order valence-corrected chi connectivity index (χ3v) is 4.20. The molecule has 116 valence electrons.